The summed E-state index contributed by atoms with van der Waals surface area (Å²) < 4.78 is 36.2. The number of anilines is 3. The molecule has 0 spiro atoms. The van der Waals surface area contributed by atoms with Gasteiger partial charge in [0.2, 0.25) is 5.95 Å². The van der Waals surface area contributed by atoms with E-state index in [4.69, 9.17) is 16.3 Å². The van der Waals surface area contributed by atoms with E-state index in [1.54, 1.807) is 6.07 Å². The van der Waals surface area contributed by atoms with Crippen molar-refractivity contribution in [1.29, 1.82) is 0 Å². The molecule has 3 aromatic rings. The van der Waals surface area contributed by atoms with E-state index < -0.39 is 11.4 Å². The first-order valence-electron chi connectivity index (χ1n) is 13.1. The number of likely N-dealkylation sites (tertiary alicyclic amines) is 1. The largest absolute Gasteiger partial charge is 0.482 e. The summed E-state index contributed by atoms with van der Waals surface area (Å²) in [5.74, 6) is 0.115. The summed E-state index contributed by atoms with van der Waals surface area (Å²) in [6.07, 6.45) is 2.98. The number of ether oxygens (including phenoxy) is 1. The van der Waals surface area contributed by atoms with Gasteiger partial charge in [-0.3, -0.25) is 0 Å². The van der Waals surface area contributed by atoms with E-state index in [1.807, 2.05) is 32.0 Å². The number of piperidine rings is 1. The summed E-state index contributed by atoms with van der Waals surface area (Å²) in [5, 5.41) is 3.41. The van der Waals surface area contributed by atoms with Gasteiger partial charge < -0.3 is 19.9 Å². The average Bonchev–Trinajstić information content (AvgIpc) is 2.85. The lowest BCUT2D eigenvalue weighted by Gasteiger charge is -2.43. The second-order valence-electron chi connectivity index (χ2n) is 11.2. The molecule has 3 heterocycles. The zero-order valence-electron chi connectivity index (χ0n) is 22.5. The van der Waals surface area contributed by atoms with Crippen molar-refractivity contribution in [3.8, 4) is 17.0 Å². The Morgan fingerprint density at radius 3 is 2.53 bits per heavy atom. The molecular weight excluding hydrogens is 508 g/mol. The van der Waals surface area contributed by atoms with Crippen LogP contribution in [0.4, 0.5) is 26.1 Å². The van der Waals surface area contributed by atoms with Gasteiger partial charge in [0.1, 0.15) is 17.1 Å². The maximum atomic E-state index is 15.0. The Labute approximate surface area is 228 Å². The third-order valence-electron chi connectivity index (χ3n) is 7.32. The number of nitrogens with one attached hydrogen (secondary N) is 1. The van der Waals surface area contributed by atoms with Crippen LogP contribution in [0.2, 0.25) is 5.02 Å². The van der Waals surface area contributed by atoms with Crippen LogP contribution in [-0.4, -0.2) is 53.2 Å². The maximum Gasteiger partial charge on any atom is 0.227 e. The van der Waals surface area contributed by atoms with Crippen molar-refractivity contribution in [2.24, 2.45) is 0 Å². The molecule has 1 aromatic heterocycles. The lowest BCUT2D eigenvalue weighted by Crippen LogP contribution is -2.49. The predicted octanol–water partition coefficient (Wildman–Crippen LogP) is 7.01. The molecule has 1 fully saturated rings. The molecule has 6 nitrogen and oxygen atoms in total. The molecule has 0 atom stereocenters. The fourth-order valence-corrected chi connectivity index (χ4v) is 5.56. The summed E-state index contributed by atoms with van der Waals surface area (Å²) in [6, 6.07) is 8.79. The number of rotatable bonds is 5. The van der Waals surface area contributed by atoms with Crippen LogP contribution in [0.5, 0.6) is 5.75 Å². The number of fused-ring (bicyclic) bond motifs is 1. The molecule has 2 aromatic carbocycles. The molecule has 0 unspecified atom stereocenters. The lowest BCUT2D eigenvalue weighted by molar-refractivity contribution is 0.103. The number of hydrogen-bond donors (Lipinski definition) is 1. The molecule has 0 aliphatic carbocycles. The number of aromatic nitrogens is 2. The summed E-state index contributed by atoms with van der Waals surface area (Å²) >= 11 is 6.64. The molecule has 5 rings (SSSR count). The fourth-order valence-electron chi connectivity index (χ4n) is 5.31. The highest BCUT2D eigenvalue weighted by molar-refractivity contribution is 6.33. The van der Waals surface area contributed by atoms with Gasteiger partial charge in [-0.1, -0.05) is 17.7 Å². The van der Waals surface area contributed by atoms with Gasteiger partial charge in [0.15, 0.2) is 11.6 Å². The smallest absolute Gasteiger partial charge is 0.227 e. The molecule has 0 amide bonds. The fraction of sp³-hybridized carbons (Fsp3) is 0.448. The Morgan fingerprint density at radius 2 is 1.84 bits per heavy atom. The monoisotopic (exact) mass is 541 g/mol. The van der Waals surface area contributed by atoms with E-state index in [-0.39, 0.29) is 29.4 Å². The minimum absolute atomic E-state index is 0.101. The SMILES string of the molecule is CC(C)N1CC(C)(C)Oc2c(Cl)cc(-c3nc(Nc4ccc(C5CCN(C)CC5)c(F)c4)ncc3F)cc21. The van der Waals surface area contributed by atoms with Gasteiger partial charge >= 0.3 is 0 Å². The Hall–Kier alpha value is -2.97. The van der Waals surface area contributed by atoms with Gasteiger partial charge in [0.25, 0.3) is 0 Å². The van der Waals surface area contributed by atoms with E-state index in [2.05, 4.69) is 46.0 Å². The summed E-state index contributed by atoms with van der Waals surface area (Å²) in [6.45, 7) is 10.8. The lowest BCUT2D eigenvalue weighted by atomic mass is 9.89. The number of hydrogen-bond acceptors (Lipinski definition) is 6. The van der Waals surface area contributed by atoms with Crippen LogP contribution in [0.25, 0.3) is 11.3 Å². The van der Waals surface area contributed by atoms with Crippen LogP contribution < -0.4 is 15.0 Å². The zero-order chi connectivity index (χ0) is 27.2. The third kappa shape index (κ3) is 5.43. The highest BCUT2D eigenvalue weighted by Crippen LogP contribution is 2.45. The highest BCUT2D eigenvalue weighted by Gasteiger charge is 2.35. The second kappa shape index (κ2) is 10.3. The molecule has 0 saturated carbocycles. The van der Waals surface area contributed by atoms with Gasteiger partial charge in [-0.05, 0) is 96.4 Å². The number of nitrogens with zero attached hydrogens (tertiary/aromatic N) is 4. The van der Waals surface area contributed by atoms with Crippen LogP contribution in [0.3, 0.4) is 0 Å². The first kappa shape index (κ1) is 26.6. The Bertz CT molecular complexity index is 1340. The van der Waals surface area contributed by atoms with Crippen molar-refractivity contribution >= 4 is 28.9 Å². The molecule has 2 aliphatic heterocycles. The molecule has 1 N–H and O–H groups in total. The van der Waals surface area contributed by atoms with E-state index in [1.165, 1.54) is 6.07 Å². The van der Waals surface area contributed by atoms with E-state index in [9.17, 15) is 4.39 Å². The third-order valence-corrected chi connectivity index (χ3v) is 7.60. The van der Waals surface area contributed by atoms with Gasteiger partial charge in [-0.25, -0.2) is 18.7 Å². The van der Waals surface area contributed by atoms with Crippen molar-refractivity contribution in [2.75, 3.05) is 36.9 Å². The molecule has 2 aliphatic rings. The summed E-state index contributed by atoms with van der Waals surface area (Å²) in [7, 11) is 2.09. The normalized spacial score (nSPS) is 17.9. The number of benzene rings is 2. The van der Waals surface area contributed by atoms with Crippen LogP contribution >= 0.6 is 11.6 Å². The minimum atomic E-state index is -0.580. The van der Waals surface area contributed by atoms with Crippen molar-refractivity contribution < 1.29 is 13.5 Å². The zero-order valence-corrected chi connectivity index (χ0v) is 23.2. The predicted molar refractivity (Wildman–Crippen MR) is 149 cm³/mol. The van der Waals surface area contributed by atoms with Crippen molar-refractivity contribution in [3.63, 3.8) is 0 Å². The van der Waals surface area contributed by atoms with Gasteiger partial charge in [-0.15, -0.1) is 0 Å². The molecule has 38 heavy (non-hydrogen) atoms. The van der Waals surface area contributed by atoms with Crippen molar-refractivity contribution in [2.45, 2.75) is 58.1 Å². The van der Waals surface area contributed by atoms with Gasteiger partial charge in [-0.2, -0.15) is 0 Å². The molecule has 9 heteroatoms. The quantitative estimate of drug-likeness (QED) is 0.375. The summed E-state index contributed by atoms with van der Waals surface area (Å²) in [4.78, 5) is 13.0. The Balaban J connectivity index is 1.43. The van der Waals surface area contributed by atoms with Crippen LogP contribution in [0.1, 0.15) is 52.0 Å². The average molecular weight is 542 g/mol. The van der Waals surface area contributed by atoms with Crippen LogP contribution in [0, 0.1) is 11.6 Å². The summed E-state index contributed by atoms with van der Waals surface area (Å²) in [5.41, 5.74) is 2.21. The van der Waals surface area contributed by atoms with Crippen molar-refractivity contribution in [3.05, 3.63) is 58.7 Å². The molecule has 1 saturated heterocycles. The molecule has 0 bridgehead atoms. The standard InChI is InChI=1S/C29H34ClF2N5O/c1-17(2)37-16-29(3,4)38-27-22(30)12-19(13-25(27)37)26-24(32)15-33-28(35-26)34-20-6-7-21(23(31)14-20)18-8-10-36(5)11-9-18/h6-7,12-15,17-18H,8-11,16H2,1-5H3,(H,33,34,35). The van der Waals surface area contributed by atoms with E-state index in [0.29, 0.717) is 28.6 Å². The van der Waals surface area contributed by atoms with Crippen LogP contribution in [0.15, 0.2) is 36.5 Å². The Morgan fingerprint density at radius 1 is 1.11 bits per heavy atom. The molecule has 0 radical (unpaired) electrons. The van der Waals surface area contributed by atoms with Gasteiger partial charge in [0.05, 0.1) is 23.5 Å². The van der Waals surface area contributed by atoms with E-state index in [0.717, 1.165) is 43.4 Å². The van der Waals surface area contributed by atoms with Crippen LogP contribution in [-0.2, 0) is 0 Å². The second-order valence-corrected chi connectivity index (χ2v) is 11.6. The van der Waals surface area contributed by atoms with Crippen molar-refractivity contribution in [1.82, 2.24) is 14.9 Å². The maximum absolute atomic E-state index is 15.0. The molecule has 202 valence electrons. The molecular formula is C29H34ClF2N5O. The minimum Gasteiger partial charge on any atom is -0.482 e. The Kier molecular flexibility index (Phi) is 7.22. The van der Waals surface area contributed by atoms with Gasteiger partial charge in [0, 0.05) is 17.3 Å². The first-order chi connectivity index (χ1) is 18.0. The van der Waals surface area contributed by atoms with E-state index >= 15 is 4.39 Å². The number of halogens is 3. The highest BCUT2D eigenvalue weighted by atomic mass is 35.5. The topological polar surface area (TPSA) is 53.5 Å². The first-order valence-corrected chi connectivity index (χ1v) is 13.5.